The number of rotatable bonds is 2. The number of carboxylic acid groups (broad SMARTS) is 1. The van der Waals surface area contributed by atoms with Crippen LogP contribution in [-0.2, 0) is 5.41 Å². The summed E-state index contributed by atoms with van der Waals surface area (Å²) in [4.78, 5) is 10.9. The zero-order chi connectivity index (χ0) is 12.5. The van der Waals surface area contributed by atoms with Crippen molar-refractivity contribution in [2.75, 3.05) is 0 Å². The molecular formula is C11H15BO4. The first-order valence-corrected chi connectivity index (χ1v) is 4.96. The summed E-state index contributed by atoms with van der Waals surface area (Å²) in [6.07, 6.45) is 0. The van der Waals surface area contributed by atoms with Gasteiger partial charge in [0.15, 0.2) is 0 Å². The zero-order valence-corrected chi connectivity index (χ0v) is 9.56. The Morgan fingerprint density at radius 1 is 1.19 bits per heavy atom. The molecule has 0 amide bonds. The van der Waals surface area contributed by atoms with Gasteiger partial charge in [-0.25, -0.2) is 4.79 Å². The molecule has 0 heterocycles. The molecule has 0 fully saturated rings. The van der Waals surface area contributed by atoms with Crippen molar-refractivity contribution < 1.29 is 19.9 Å². The second-order valence-corrected chi connectivity index (χ2v) is 4.77. The number of hydrogen-bond acceptors (Lipinski definition) is 3. The van der Waals surface area contributed by atoms with E-state index in [1.54, 1.807) is 12.1 Å². The standard InChI is InChI=1S/C11H15BO4/c1-11(2,3)8-4-7(10(13)14)5-9(6-8)12(15)16/h4-6,15-16H,1-3H3,(H,13,14). The van der Waals surface area contributed by atoms with Crippen LogP contribution in [0.5, 0.6) is 0 Å². The average Bonchev–Trinajstić information content (AvgIpc) is 2.15. The van der Waals surface area contributed by atoms with Gasteiger partial charge in [-0.1, -0.05) is 26.8 Å². The Kier molecular flexibility index (Phi) is 3.40. The first-order chi connectivity index (χ1) is 7.21. The summed E-state index contributed by atoms with van der Waals surface area (Å²) >= 11 is 0. The van der Waals surface area contributed by atoms with E-state index in [4.69, 9.17) is 15.2 Å². The van der Waals surface area contributed by atoms with Gasteiger partial charge in [-0.2, -0.15) is 0 Å². The molecule has 0 unspecified atom stereocenters. The van der Waals surface area contributed by atoms with Crippen molar-refractivity contribution >= 4 is 18.6 Å². The molecule has 0 aliphatic heterocycles. The van der Waals surface area contributed by atoms with Crippen molar-refractivity contribution in [3.05, 3.63) is 29.3 Å². The predicted molar refractivity (Wildman–Crippen MR) is 61.9 cm³/mol. The van der Waals surface area contributed by atoms with E-state index in [0.29, 0.717) is 0 Å². The van der Waals surface area contributed by atoms with Crippen LogP contribution < -0.4 is 5.46 Å². The average molecular weight is 222 g/mol. The quantitative estimate of drug-likeness (QED) is 0.631. The lowest BCUT2D eigenvalue weighted by Gasteiger charge is -2.20. The van der Waals surface area contributed by atoms with E-state index in [0.717, 1.165) is 5.56 Å². The highest BCUT2D eigenvalue weighted by Crippen LogP contribution is 2.22. The summed E-state index contributed by atoms with van der Waals surface area (Å²) in [6.45, 7) is 5.80. The number of hydrogen-bond donors (Lipinski definition) is 3. The SMILES string of the molecule is CC(C)(C)c1cc(B(O)O)cc(C(=O)O)c1. The first kappa shape index (κ1) is 12.7. The number of carbonyl (C=O) groups is 1. The third-order valence-corrected chi connectivity index (χ3v) is 2.37. The summed E-state index contributed by atoms with van der Waals surface area (Å²) < 4.78 is 0. The van der Waals surface area contributed by atoms with Gasteiger partial charge >= 0.3 is 13.1 Å². The summed E-state index contributed by atoms with van der Waals surface area (Å²) in [5.41, 5.74) is 0.783. The van der Waals surface area contributed by atoms with Crippen molar-refractivity contribution in [3.63, 3.8) is 0 Å². The highest BCUT2D eigenvalue weighted by atomic mass is 16.4. The van der Waals surface area contributed by atoms with Crippen LogP contribution in [0, 0.1) is 0 Å². The van der Waals surface area contributed by atoms with Crippen LogP contribution >= 0.6 is 0 Å². The van der Waals surface area contributed by atoms with Crippen molar-refractivity contribution in [3.8, 4) is 0 Å². The molecule has 0 aromatic heterocycles. The fourth-order valence-electron chi connectivity index (χ4n) is 1.36. The van der Waals surface area contributed by atoms with Gasteiger partial charge in [0.05, 0.1) is 5.56 Å². The van der Waals surface area contributed by atoms with E-state index >= 15 is 0 Å². The molecule has 4 nitrogen and oxygen atoms in total. The van der Waals surface area contributed by atoms with Crippen LogP contribution in [0.15, 0.2) is 18.2 Å². The van der Waals surface area contributed by atoms with E-state index < -0.39 is 13.1 Å². The maximum absolute atomic E-state index is 10.9. The third kappa shape index (κ3) is 2.84. The minimum absolute atomic E-state index is 0.0653. The molecular weight excluding hydrogens is 207 g/mol. The Morgan fingerprint density at radius 2 is 1.75 bits per heavy atom. The first-order valence-electron chi connectivity index (χ1n) is 4.96. The van der Waals surface area contributed by atoms with Gasteiger partial charge in [0, 0.05) is 0 Å². The maximum Gasteiger partial charge on any atom is 0.488 e. The lowest BCUT2D eigenvalue weighted by Crippen LogP contribution is -2.32. The van der Waals surface area contributed by atoms with Gasteiger partial charge in [0.25, 0.3) is 0 Å². The number of carboxylic acids is 1. The Labute approximate surface area is 94.7 Å². The Hall–Kier alpha value is -1.33. The topological polar surface area (TPSA) is 77.8 Å². The molecule has 1 aromatic rings. The van der Waals surface area contributed by atoms with Crippen LogP contribution in [0.25, 0.3) is 0 Å². The second kappa shape index (κ2) is 4.27. The van der Waals surface area contributed by atoms with Crippen molar-refractivity contribution in [1.29, 1.82) is 0 Å². The van der Waals surface area contributed by atoms with Crippen molar-refractivity contribution in [1.82, 2.24) is 0 Å². The highest BCUT2D eigenvalue weighted by Gasteiger charge is 2.21. The summed E-state index contributed by atoms with van der Waals surface area (Å²) in [5, 5.41) is 27.1. The third-order valence-electron chi connectivity index (χ3n) is 2.37. The molecule has 0 atom stereocenters. The largest absolute Gasteiger partial charge is 0.488 e. The Morgan fingerprint density at radius 3 is 2.12 bits per heavy atom. The molecule has 0 aliphatic rings. The van der Waals surface area contributed by atoms with E-state index in [1.807, 2.05) is 20.8 Å². The van der Waals surface area contributed by atoms with E-state index in [1.165, 1.54) is 6.07 Å². The summed E-state index contributed by atoms with van der Waals surface area (Å²) in [5.74, 6) is -1.08. The van der Waals surface area contributed by atoms with Gasteiger partial charge in [-0.15, -0.1) is 0 Å². The van der Waals surface area contributed by atoms with Crippen LogP contribution in [0.1, 0.15) is 36.7 Å². The lowest BCUT2D eigenvalue weighted by molar-refractivity contribution is 0.0697. The predicted octanol–water partition coefficient (Wildman–Crippen LogP) is 0.362. The van der Waals surface area contributed by atoms with Crippen LogP contribution in [0.4, 0.5) is 0 Å². The molecule has 0 saturated carbocycles. The molecule has 5 heteroatoms. The van der Waals surface area contributed by atoms with Crippen LogP contribution in [0.2, 0.25) is 0 Å². The molecule has 16 heavy (non-hydrogen) atoms. The minimum atomic E-state index is -1.65. The van der Waals surface area contributed by atoms with Crippen molar-refractivity contribution in [2.45, 2.75) is 26.2 Å². The summed E-state index contributed by atoms with van der Waals surface area (Å²) in [7, 11) is -1.65. The van der Waals surface area contributed by atoms with E-state index in [2.05, 4.69) is 0 Å². The molecule has 0 saturated heterocycles. The molecule has 0 bridgehead atoms. The molecule has 0 aliphatic carbocycles. The number of aromatic carboxylic acids is 1. The van der Waals surface area contributed by atoms with Gasteiger partial charge in [-0.05, 0) is 28.6 Å². The maximum atomic E-state index is 10.9. The molecule has 1 aromatic carbocycles. The monoisotopic (exact) mass is 222 g/mol. The van der Waals surface area contributed by atoms with Crippen LogP contribution in [0.3, 0.4) is 0 Å². The van der Waals surface area contributed by atoms with Gasteiger partial charge < -0.3 is 15.2 Å². The minimum Gasteiger partial charge on any atom is -0.478 e. The molecule has 86 valence electrons. The second-order valence-electron chi connectivity index (χ2n) is 4.77. The normalized spacial score (nSPS) is 11.3. The van der Waals surface area contributed by atoms with Gasteiger partial charge in [-0.3, -0.25) is 0 Å². The lowest BCUT2D eigenvalue weighted by atomic mass is 9.75. The summed E-state index contributed by atoms with van der Waals surface area (Å²) in [6, 6.07) is 4.42. The highest BCUT2D eigenvalue weighted by molar-refractivity contribution is 6.58. The fourth-order valence-corrected chi connectivity index (χ4v) is 1.36. The molecule has 0 radical (unpaired) electrons. The van der Waals surface area contributed by atoms with Gasteiger partial charge in [0.1, 0.15) is 0 Å². The molecule has 1 rings (SSSR count). The Bertz CT molecular complexity index is 407. The Balaban J connectivity index is 3.36. The van der Waals surface area contributed by atoms with E-state index in [-0.39, 0.29) is 16.4 Å². The number of benzene rings is 1. The molecule has 0 spiro atoms. The molecule has 3 N–H and O–H groups in total. The van der Waals surface area contributed by atoms with Crippen molar-refractivity contribution in [2.24, 2.45) is 0 Å². The van der Waals surface area contributed by atoms with Crippen LogP contribution in [-0.4, -0.2) is 28.2 Å². The fraction of sp³-hybridized carbons (Fsp3) is 0.364. The van der Waals surface area contributed by atoms with Gasteiger partial charge in [0.2, 0.25) is 0 Å². The smallest absolute Gasteiger partial charge is 0.478 e. The van der Waals surface area contributed by atoms with E-state index in [9.17, 15) is 4.79 Å². The zero-order valence-electron chi connectivity index (χ0n) is 9.56.